The zero-order chi connectivity index (χ0) is 18.9. The first-order valence-electron chi connectivity index (χ1n) is 9.08. The van der Waals surface area contributed by atoms with Crippen LogP contribution in [0.25, 0.3) is 0 Å². The molecule has 0 aromatic carbocycles. The minimum Gasteiger partial charge on any atom is -0.329 e. The topological polar surface area (TPSA) is 78.0 Å². The van der Waals surface area contributed by atoms with E-state index in [-0.39, 0.29) is 17.4 Å². The van der Waals surface area contributed by atoms with E-state index in [1.165, 1.54) is 0 Å². The van der Waals surface area contributed by atoms with E-state index in [0.717, 1.165) is 43.0 Å². The Balaban J connectivity index is 1.82. The molecule has 1 N–H and O–H groups in total. The molecule has 26 heavy (non-hydrogen) atoms. The van der Waals surface area contributed by atoms with Crippen LogP contribution in [-0.2, 0) is 12.0 Å². The number of H-pyrrole nitrogens is 1. The van der Waals surface area contributed by atoms with Gasteiger partial charge in [0.2, 0.25) is 0 Å². The molecule has 2 aromatic heterocycles. The lowest BCUT2D eigenvalue weighted by Gasteiger charge is -2.23. The van der Waals surface area contributed by atoms with Crippen molar-refractivity contribution in [1.82, 2.24) is 30.0 Å². The summed E-state index contributed by atoms with van der Waals surface area (Å²) in [6.45, 7) is 7.74. The minimum atomic E-state index is -0.0675. The maximum absolute atomic E-state index is 13.0. The molecule has 2 aromatic rings. The monoisotopic (exact) mass is 356 g/mol. The van der Waals surface area contributed by atoms with Gasteiger partial charge in [-0.05, 0) is 33.0 Å². The molecule has 0 spiro atoms. The van der Waals surface area contributed by atoms with Crippen molar-refractivity contribution in [3.8, 4) is 0 Å². The number of rotatable bonds is 4. The molecular weight excluding hydrogens is 328 g/mol. The molecule has 1 aliphatic heterocycles. The average Bonchev–Trinajstić information content (AvgIpc) is 3.23. The van der Waals surface area contributed by atoms with Crippen LogP contribution >= 0.6 is 0 Å². The number of aromatic nitrogens is 4. The van der Waals surface area contributed by atoms with Crippen molar-refractivity contribution in [1.29, 1.82) is 0 Å². The van der Waals surface area contributed by atoms with Gasteiger partial charge in [0.1, 0.15) is 5.69 Å². The SMILES string of the molecule is CN(C)Cc1cncc(C2CCCN2C(=O)c2cc(C(C)(C)C)[nH]n2)n1. The normalized spacial score (nSPS) is 17.9. The molecule has 0 bridgehead atoms. The zero-order valence-corrected chi connectivity index (χ0v) is 16.3. The minimum absolute atomic E-state index is 0.0353. The summed E-state index contributed by atoms with van der Waals surface area (Å²) in [5.41, 5.74) is 3.15. The summed E-state index contributed by atoms with van der Waals surface area (Å²) < 4.78 is 0. The fourth-order valence-corrected chi connectivity index (χ4v) is 3.26. The van der Waals surface area contributed by atoms with Crippen molar-refractivity contribution in [3.05, 3.63) is 41.2 Å². The molecule has 140 valence electrons. The Morgan fingerprint density at radius 3 is 2.77 bits per heavy atom. The van der Waals surface area contributed by atoms with Crippen LogP contribution in [0.4, 0.5) is 0 Å². The second-order valence-electron chi connectivity index (χ2n) is 8.25. The number of nitrogens with one attached hydrogen (secondary N) is 1. The molecule has 1 atom stereocenters. The molecular formula is C19H28N6O. The Bertz CT molecular complexity index is 776. The number of hydrogen-bond donors (Lipinski definition) is 1. The van der Waals surface area contributed by atoms with Gasteiger partial charge in [-0.3, -0.25) is 19.9 Å². The van der Waals surface area contributed by atoms with Crippen LogP contribution in [0.3, 0.4) is 0 Å². The summed E-state index contributed by atoms with van der Waals surface area (Å²) in [7, 11) is 4.01. The fourth-order valence-electron chi connectivity index (χ4n) is 3.26. The van der Waals surface area contributed by atoms with Gasteiger partial charge in [0.25, 0.3) is 5.91 Å². The quantitative estimate of drug-likeness (QED) is 0.911. The first-order chi connectivity index (χ1) is 12.3. The molecule has 1 fully saturated rings. The number of carbonyl (C=O) groups excluding carboxylic acids is 1. The summed E-state index contributed by atoms with van der Waals surface area (Å²) >= 11 is 0. The Morgan fingerprint density at radius 1 is 1.35 bits per heavy atom. The molecule has 7 heteroatoms. The molecule has 3 rings (SSSR count). The smallest absolute Gasteiger partial charge is 0.274 e. The molecule has 7 nitrogen and oxygen atoms in total. The van der Waals surface area contributed by atoms with E-state index in [0.29, 0.717) is 5.69 Å². The largest absolute Gasteiger partial charge is 0.329 e. The van der Waals surface area contributed by atoms with Crippen LogP contribution in [-0.4, -0.2) is 56.5 Å². The van der Waals surface area contributed by atoms with E-state index in [9.17, 15) is 4.79 Å². The third-order valence-corrected chi connectivity index (χ3v) is 4.64. The molecule has 3 heterocycles. The predicted octanol–water partition coefficient (Wildman–Crippen LogP) is 2.54. The van der Waals surface area contributed by atoms with Crippen LogP contribution in [0.1, 0.15) is 67.2 Å². The van der Waals surface area contributed by atoms with Crippen LogP contribution in [0.15, 0.2) is 18.5 Å². The van der Waals surface area contributed by atoms with Gasteiger partial charge in [-0.15, -0.1) is 0 Å². The van der Waals surface area contributed by atoms with Gasteiger partial charge in [0.05, 0.1) is 23.6 Å². The maximum atomic E-state index is 13.0. The van der Waals surface area contributed by atoms with E-state index < -0.39 is 0 Å². The van der Waals surface area contributed by atoms with E-state index >= 15 is 0 Å². The standard InChI is InChI=1S/C19H28N6O/c1-19(2,3)17-9-14(22-23-17)18(26)25-8-6-7-16(25)15-11-20-10-13(21-15)12-24(4)5/h9-11,16H,6-8,12H2,1-5H3,(H,22,23). The highest BCUT2D eigenvalue weighted by molar-refractivity contribution is 5.92. The lowest BCUT2D eigenvalue weighted by molar-refractivity contribution is 0.0726. The summed E-state index contributed by atoms with van der Waals surface area (Å²) in [5.74, 6) is -0.0425. The van der Waals surface area contributed by atoms with Crippen molar-refractivity contribution in [2.75, 3.05) is 20.6 Å². The second kappa shape index (κ2) is 7.15. The Labute approximate surface area is 154 Å². The average molecular weight is 356 g/mol. The fraction of sp³-hybridized carbons (Fsp3) is 0.579. The third kappa shape index (κ3) is 3.93. The van der Waals surface area contributed by atoms with Crippen molar-refractivity contribution >= 4 is 5.91 Å². The lowest BCUT2D eigenvalue weighted by atomic mass is 9.92. The van der Waals surface area contributed by atoms with Crippen LogP contribution in [0, 0.1) is 0 Å². The third-order valence-electron chi connectivity index (χ3n) is 4.64. The highest BCUT2D eigenvalue weighted by atomic mass is 16.2. The van der Waals surface area contributed by atoms with E-state index in [1.54, 1.807) is 12.4 Å². The van der Waals surface area contributed by atoms with E-state index in [4.69, 9.17) is 4.98 Å². The summed E-state index contributed by atoms with van der Waals surface area (Å²) in [6, 6.07) is 1.83. The Hall–Kier alpha value is -2.28. The van der Waals surface area contributed by atoms with Crippen molar-refractivity contribution in [2.24, 2.45) is 0 Å². The van der Waals surface area contributed by atoms with Crippen molar-refractivity contribution in [3.63, 3.8) is 0 Å². The molecule has 1 unspecified atom stereocenters. The van der Waals surface area contributed by atoms with Gasteiger partial charge in [-0.2, -0.15) is 5.10 Å². The first kappa shape index (κ1) is 18.5. The van der Waals surface area contributed by atoms with Crippen LogP contribution in [0.2, 0.25) is 0 Å². The number of hydrogen-bond acceptors (Lipinski definition) is 5. The van der Waals surface area contributed by atoms with Gasteiger partial charge in [0, 0.05) is 30.4 Å². The Kier molecular flexibility index (Phi) is 5.09. The molecule has 1 aliphatic rings. The molecule has 1 saturated heterocycles. The van der Waals surface area contributed by atoms with Crippen LogP contribution < -0.4 is 0 Å². The highest BCUT2D eigenvalue weighted by Crippen LogP contribution is 2.32. The molecule has 0 saturated carbocycles. The van der Waals surface area contributed by atoms with Crippen LogP contribution in [0.5, 0.6) is 0 Å². The first-order valence-corrected chi connectivity index (χ1v) is 9.08. The summed E-state index contributed by atoms with van der Waals surface area (Å²) in [4.78, 5) is 26.0. The van der Waals surface area contributed by atoms with E-state index in [1.807, 2.05) is 25.1 Å². The number of aromatic amines is 1. The highest BCUT2D eigenvalue weighted by Gasteiger charge is 2.33. The predicted molar refractivity (Wildman–Crippen MR) is 99.7 cm³/mol. The van der Waals surface area contributed by atoms with Gasteiger partial charge >= 0.3 is 0 Å². The van der Waals surface area contributed by atoms with Gasteiger partial charge in [-0.1, -0.05) is 20.8 Å². The number of likely N-dealkylation sites (tertiary alicyclic amines) is 1. The number of nitrogens with zero attached hydrogens (tertiary/aromatic N) is 5. The second-order valence-corrected chi connectivity index (χ2v) is 8.25. The Morgan fingerprint density at radius 2 is 2.12 bits per heavy atom. The van der Waals surface area contributed by atoms with Gasteiger partial charge in [-0.25, -0.2) is 0 Å². The zero-order valence-electron chi connectivity index (χ0n) is 16.3. The van der Waals surface area contributed by atoms with Gasteiger partial charge < -0.3 is 9.80 Å². The summed E-state index contributed by atoms with van der Waals surface area (Å²) in [5, 5.41) is 7.26. The molecule has 1 amide bonds. The summed E-state index contributed by atoms with van der Waals surface area (Å²) in [6.07, 6.45) is 5.43. The van der Waals surface area contributed by atoms with Crippen molar-refractivity contribution in [2.45, 2.75) is 51.6 Å². The number of carbonyl (C=O) groups is 1. The number of amides is 1. The van der Waals surface area contributed by atoms with Crippen molar-refractivity contribution < 1.29 is 4.79 Å². The molecule has 0 radical (unpaired) electrons. The lowest BCUT2D eigenvalue weighted by Crippen LogP contribution is -2.31. The van der Waals surface area contributed by atoms with E-state index in [2.05, 4.69) is 40.9 Å². The van der Waals surface area contributed by atoms with Gasteiger partial charge in [0.15, 0.2) is 0 Å². The maximum Gasteiger partial charge on any atom is 0.274 e. The molecule has 0 aliphatic carbocycles.